The average molecular weight is 369 g/mol. The van der Waals surface area contributed by atoms with Crippen LogP contribution in [-0.4, -0.2) is 56.6 Å². The molecule has 3 fully saturated rings. The molecule has 0 aromatic carbocycles. The third-order valence-electron chi connectivity index (χ3n) is 6.74. The number of rotatable bonds is 2. The van der Waals surface area contributed by atoms with Crippen molar-refractivity contribution in [3.05, 3.63) is 6.20 Å². The van der Waals surface area contributed by atoms with Crippen LogP contribution in [0.4, 0.5) is 11.8 Å². The first-order chi connectivity index (χ1) is 13.2. The average Bonchev–Trinajstić information content (AvgIpc) is 3.32. The lowest BCUT2D eigenvalue weighted by Crippen LogP contribution is -2.54. The lowest BCUT2D eigenvalue weighted by Gasteiger charge is -2.44. The van der Waals surface area contributed by atoms with Crippen molar-refractivity contribution in [2.75, 3.05) is 30.3 Å². The van der Waals surface area contributed by atoms with Crippen molar-refractivity contribution in [1.82, 2.24) is 25.1 Å². The predicted octanol–water partition coefficient (Wildman–Crippen LogP) is 2.09. The number of fused-ring (bicyclic) bond motifs is 1. The van der Waals surface area contributed by atoms with Gasteiger partial charge in [0.05, 0.1) is 17.0 Å². The molecule has 1 unspecified atom stereocenters. The third-order valence-corrected chi connectivity index (χ3v) is 6.74. The van der Waals surface area contributed by atoms with Crippen LogP contribution in [0.5, 0.6) is 0 Å². The predicted molar refractivity (Wildman–Crippen MR) is 103 cm³/mol. The molecule has 5 rings (SSSR count). The van der Waals surface area contributed by atoms with Gasteiger partial charge < -0.3 is 15.5 Å². The Hall–Kier alpha value is -2.38. The van der Waals surface area contributed by atoms with Gasteiger partial charge in [-0.1, -0.05) is 19.3 Å². The molecule has 1 aliphatic carbocycles. The number of H-pyrrole nitrogens is 1. The van der Waals surface area contributed by atoms with Gasteiger partial charge in [0.1, 0.15) is 5.82 Å². The Labute approximate surface area is 158 Å². The van der Waals surface area contributed by atoms with Crippen molar-refractivity contribution in [1.29, 1.82) is 0 Å². The highest BCUT2D eigenvalue weighted by Gasteiger charge is 2.50. The Morgan fingerprint density at radius 1 is 1.11 bits per heavy atom. The van der Waals surface area contributed by atoms with Crippen LogP contribution in [0.25, 0.3) is 11.0 Å². The number of nitrogens with two attached hydrogens (primary N) is 1. The third kappa shape index (κ3) is 2.73. The molecule has 2 aliphatic heterocycles. The van der Waals surface area contributed by atoms with E-state index < -0.39 is 0 Å². The molecule has 3 aliphatic rings. The summed E-state index contributed by atoms with van der Waals surface area (Å²) in [6.07, 6.45) is 10.9. The van der Waals surface area contributed by atoms with E-state index >= 15 is 0 Å². The fourth-order valence-electron chi connectivity index (χ4n) is 5.35. The first-order valence-corrected chi connectivity index (χ1v) is 10.2. The monoisotopic (exact) mass is 369 g/mol. The molecule has 0 bridgehead atoms. The van der Waals surface area contributed by atoms with Crippen LogP contribution in [0.1, 0.15) is 51.4 Å². The van der Waals surface area contributed by atoms with Crippen LogP contribution < -0.4 is 10.6 Å². The number of hydrogen-bond donors (Lipinski definition) is 2. The zero-order valence-corrected chi connectivity index (χ0v) is 15.7. The quantitative estimate of drug-likeness (QED) is 0.840. The Balaban J connectivity index is 1.41. The second kappa shape index (κ2) is 6.35. The van der Waals surface area contributed by atoms with Crippen molar-refractivity contribution in [3.63, 3.8) is 0 Å². The fourth-order valence-corrected chi connectivity index (χ4v) is 5.35. The molecule has 2 aromatic rings. The zero-order valence-electron chi connectivity index (χ0n) is 15.7. The molecule has 3 N–H and O–H groups in total. The van der Waals surface area contributed by atoms with Gasteiger partial charge in [-0.05, 0) is 32.1 Å². The Bertz CT molecular complexity index is 859. The van der Waals surface area contributed by atoms with E-state index in [0.717, 1.165) is 43.6 Å². The normalized spacial score (nSPS) is 27.2. The second-order valence-electron chi connectivity index (χ2n) is 8.38. The highest BCUT2D eigenvalue weighted by Crippen LogP contribution is 2.43. The van der Waals surface area contributed by atoms with Gasteiger partial charge in [0.15, 0.2) is 5.65 Å². The number of amides is 1. The number of likely N-dealkylation sites (tertiary alicyclic amines) is 1. The summed E-state index contributed by atoms with van der Waals surface area (Å²) in [6.45, 7) is 2.46. The van der Waals surface area contributed by atoms with Crippen LogP contribution in [0, 0.1) is 5.41 Å². The molecule has 1 saturated carbocycles. The van der Waals surface area contributed by atoms with E-state index in [1.54, 1.807) is 6.20 Å². The number of nitrogens with zero attached hydrogens (tertiary/aromatic N) is 5. The lowest BCUT2D eigenvalue weighted by molar-refractivity contribution is -0.148. The van der Waals surface area contributed by atoms with Gasteiger partial charge in [0.25, 0.3) is 0 Å². The number of nitrogen functional groups attached to an aromatic ring is 1. The minimum atomic E-state index is -0.272. The molecule has 1 atom stereocenters. The van der Waals surface area contributed by atoms with Gasteiger partial charge in [0.2, 0.25) is 11.9 Å². The molecule has 2 aromatic heterocycles. The topological polar surface area (TPSA) is 104 Å². The van der Waals surface area contributed by atoms with E-state index in [-0.39, 0.29) is 11.4 Å². The fraction of sp³-hybridized carbons (Fsp3) is 0.684. The van der Waals surface area contributed by atoms with Crippen LogP contribution in [0.2, 0.25) is 0 Å². The Morgan fingerprint density at radius 3 is 2.81 bits per heavy atom. The van der Waals surface area contributed by atoms with Gasteiger partial charge in [-0.3, -0.25) is 9.89 Å². The summed E-state index contributed by atoms with van der Waals surface area (Å²) >= 11 is 0. The highest BCUT2D eigenvalue weighted by atomic mass is 16.2. The zero-order chi connectivity index (χ0) is 18.4. The molecular formula is C19H27N7O. The smallest absolute Gasteiger partial charge is 0.230 e. The number of aromatic amines is 1. The maximum atomic E-state index is 13.5. The van der Waals surface area contributed by atoms with Gasteiger partial charge in [0, 0.05) is 25.7 Å². The van der Waals surface area contributed by atoms with Crippen LogP contribution in [-0.2, 0) is 4.79 Å². The van der Waals surface area contributed by atoms with Crippen molar-refractivity contribution in [2.45, 2.75) is 57.4 Å². The number of carbonyl (C=O) groups excluding carboxylic acids is 1. The number of piperidine rings is 1. The first-order valence-electron chi connectivity index (χ1n) is 10.2. The van der Waals surface area contributed by atoms with E-state index in [0.29, 0.717) is 24.1 Å². The van der Waals surface area contributed by atoms with Gasteiger partial charge in [-0.15, -0.1) is 0 Å². The lowest BCUT2D eigenvalue weighted by atomic mass is 9.77. The second-order valence-corrected chi connectivity index (χ2v) is 8.38. The molecule has 4 heterocycles. The minimum Gasteiger partial charge on any atom is -0.368 e. The maximum Gasteiger partial charge on any atom is 0.230 e. The number of nitrogens with one attached hydrogen (secondary N) is 1. The molecule has 0 radical (unpaired) electrons. The summed E-state index contributed by atoms with van der Waals surface area (Å²) in [5.41, 5.74) is 6.27. The van der Waals surface area contributed by atoms with Crippen molar-refractivity contribution >= 4 is 28.7 Å². The summed E-state index contributed by atoms with van der Waals surface area (Å²) < 4.78 is 0. The van der Waals surface area contributed by atoms with Crippen molar-refractivity contribution in [2.24, 2.45) is 5.41 Å². The minimum absolute atomic E-state index is 0.238. The van der Waals surface area contributed by atoms with Gasteiger partial charge in [-0.25, -0.2) is 0 Å². The molecule has 1 spiro atoms. The SMILES string of the molecule is Nc1nc(N2CCC3(CCCN(C4CCCCC4)C3=O)C2)c2cn[nH]c2n1. The molecule has 8 nitrogen and oxygen atoms in total. The molecule has 8 heteroatoms. The Morgan fingerprint density at radius 2 is 1.96 bits per heavy atom. The van der Waals surface area contributed by atoms with E-state index in [1.165, 1.54) is 32.1 Å². The maximum absolute atomic E-state index is 13.5. The largest absolute Gasteiger partial charge is 0.368 e. The molecule has 144 valence electrons. The number of hydrogen-bond acceptors (Lipinski definition) is 6. The highest BCUT2D eigenvalue weighted by molar-refractivity contribution is 5.89. The number of carbonyl (C=O) groups is 1. The summed E-state index contributed by atoms with van der Waals surface area (Å²) in [6, 6.07) is 0.452. The van der Waals surface area contributed by atoms with E-state index in [9.17, 15) is 4.79 Å². The van der Waals surface area contributed by atoms with E-state index in [4.69, 9.17) is 5.73 Å². The summed E-state index contributed by atoms with van der Waals surface area (Å²) in [4.78, 5) is 26.6. The standard InChI is InChI=1S/C19H27N7O/c20-18-22-15-14(11-21-24-15)16(23-18)25-10-8-19(12-25)7-4-9-26(17(19)27)13-5-2-1-3-6-13/h11,13H,1-10,12H2,(H3,20,21,22,23,24). The van der Waals surface area contributed by atoms with E-state index in [2.05, 4.69) is 30.0 Å². The van der Waals surface area contributed by atoms with Crippen LogP contribution in [0.15, 0.2) is 6.20 Å². The Kier molecular flexibility index (Phi) is 3.94. The summed E-state index contributed by atoms with van der Waals surface area (Å²) in [7, 11) is 0. The van der Waals surface area contributed by atoms with Gasteiger partial charge >= 0.3 is 0 Å². The molecule has 2 saturated heterocycles. The first kappa shape index (κ1) is 16.8. The van der Waals surface area contributed by atoms with Crippen molar-refractivity contribution in [3.8, 4) is 0 Å². The summed E-state index contributed by atoms with van der Waals surface area (Å²) in [5.74, 6) is 1.40. The number of anilines is 2. The molecule has 1 amide bonds. The summed E-state index contributed by atoms with van der Waals surface area (Å²) in [5, 5.41) is 7.82. The molecule has 27 heavy (non-hydrogen) atoms. The van der Waals surface area contributed by atoms with Crippen molar-refractivity contribution < 1.29 is 4.79 Å². The van der Waals surface area contributed by atoms with Crippen LogP contribution in [0.3, 0.4) is 0 Å². The van der Waals surface area contributed by atoms with Crippen LogP contribution >= 0.6 is 0 Å². The van der Waals surface area contributed by atoms with Gasteiger partial charge in [-0.2, -0.15) is 15.1 Å². The molecular weight excluding hydrogens is 342 g/mol. The number of aromatic nitrogens is 4. The van der Waals surface area contributed by atoms with E-state index in [1.807, 2.05) is 0 Å².